The van der Waals surface area contributed by atoms with Crippen LogP contribution in [-0.4, -0.2) is 4.98 Å². The van der Waals surface area contributed by atoms with Gasteiger partial charge in [0.25, 0.3) is 0 Å². The molecule has 0 saturated carbocycles. The second-order valence-corrected chi connectivity index (χ2v) is 6.65. The standard InChI is InChI=1S/C12H8Br3ClN2/c13-7-1-2-10(16)11(4-7)18-6-12-9(15)3-8(14)5-17-12/h1-5,18H,6H2. The smallest absolute Gasteiger partial charge is 0.0737 e. The Labute approximate surface area is 136 Å². The first-order chi connectivity index (χ1) is 8.56. The van der Waals surface area contributed by atoms with Crippen LogP contribution in [0.1, 0.15) is 5.69 Å². The molecule has 1 heterocycles. The maximum absolute atomic E-state index is 6.10. The third kappa shape index (κ3) is 3.70. The first kappa shape index (κ1) is 14.3. The maximum atomic E-state index is 6.10. The van der Waals surface area contributed by atoms with Crippen molar-refractivity contribution in [1.29, 1.82) is 0 Å². The molecule has 0 unspecified atom stereocenters. The van der Waals surface area contributed by atoms with Crippen molar-refractivity contribution in [2.24, 2.45) is 0 Å². The van der Waals surface area contributed by atoms with Gasteiger partial charge in [0.1, 0.15) is 0 Å². The number of pyridine rings is 1. The normalized spacial score (nSPS) is 10.4. The number of nitrogens with zero attached hydrogens (tertiary/aromatic N) is 1. The quantitative estimate of drug-likeness (QED) is 0.649. The molecule has 2 nitrogen and oxygen atoms in total. The SMILES string of the molecule is Clc1ccc(Br)cc1NCc1ncc(Br)cc1Br. The minimum Gasteiger partial charge on any atom is -0.378 e. The minimum absolute atomic E-state index is 0.601. The van der Waals surface area contributed by atoms with E-state index in [1.165, 1.54) is 0 Å². The highest BCUT2D eigenvalue weighted by atomic mass is 79.9. The van der Waals surface area contributed by atoms with Crippen LogP contribution in [0.25, 0.3) is 0 Å². The summed E-state index contributed by atoms with van der Waals surface area (Å²) in [5.74, 6) is 0. The summed E-state index contributed by atoms with van der Waals surface area (Å²) in [6, 6.07) is 7.65. The highest BCUT2D eigenvalue weighted by Crippen LogP contribution is 2.27. The van der Waals surface area contributed by atoms with E-state index in [0.717, 1.165) is 24.8 Å². The van der Waals surface area contributed by atoms with E-state index in [9.17, 15) is 0 Å². The third-order valence-corrected chi connectivity index (χ3v) is 4.20. The van der Waals surface area contributed by atoms with E-state index in [2.05, 4.69) is 58.1 Å². The van der Waals surface area contributed by atoms with Crippen molar-refractivity contribution in [3.63, 3.8) is 0 Å². The van der Waals surface area contributed by atoms with Gasteiger partial charge in [0.05, 0.1) is 22.9 Å². The van der Waals surface area contributed by atoms with Crippen LogP contribution in [0.4, 0.5) is 5.69 Å². The Kier molecular flexibility index (Phi) is 5.06. The highest BCUT2D eigenvalue weighted by Gasteiger charge is 2.05. The number of hydrogen-bond acceptors (Lipinski definition) is 2. The van der Waals surface area contributed by atoms with Gasteiger partial charge in [0, 0.05) is 19.6 Å². The lowest BCUT2D eigenvalue weighted by molar-refractivity contribution is 1.03. The van der Waals surface area contributed by atoms with Crippen LogP contribution in [0.3, 0.4) is 0 Å². The van der Waals surface area contributed by atoms with Crippen LogP contribution in [0.15, 0.2) is 43.9 Å². The van der Waals surface area contributed by atoms with Gasteiger partial charge in [-0.1, -0.05) is 27.5 Å². The fourth-order valence-corrected chi connectivity index (χ4v) is 3.06. The Morgan fingerprint density at radius 2 is 1.89 bits per heavy atom. The molecule has 1 aromatic heterocycles. The van der Waals surface area contributed by atoms with Crippen molar-refractivity contribution in [1.82, 2.24) is 4.98 Å². The van der Waals surface area contributed by atoms with Gasteiger partial charge >= 0.3 is 0 Å². The van der Waals surface area contributed by atoms with E-state index in [0.29, 0.717) is 11.6 Å². The molecule has 2 aromatic rings. The molecule has 18 heavy (non-hydrogen) atoms. The Hall–Kier alpha value is -0.100. The molecule has 0 atom stereocenters. The molecular weight excluding hydrogens is 447 g/mol. The average molecular weight is 455 g/mol. The second kappa shape index (κ2) is 6.37. The molecule has 0 aliphatic rings. The van der Waals surface area contributed by atoms with Crippen molar-refractivity contribution in [3.05, 3.63) is 54.6 Å². The molecule has 0 aliphatic carbocycles. The molecule has 2 rings (SSSR count). The monoisotopic (exact) mass is 452 g/mol. The molecule has 0 spiro atoms. The predicted octanol–water partition coefficient (Wildman–Crippen LogP) is 5.63. The molecule has 1 aromatic carbocycles. The van der Waals surface area contributed by atoms with Gasteiger partial charge in [0.15, 0.2) is 0 Å². The van der Waals surface area contributed by atoms with Gasteiger partial charge in [-0.3, -0.25) is 4.98 Å². The van der Waals surface area contributed by atoms with Gasteiger partial charge < -0.3 is 5.32 Å². The van der Waals surface area contributed by atoms with E-state index in [4.69, 9.17) is 11.6 Å². The summed E-state index contributed by atoms with van der Waals surface area (Å²) in [6.45, 7) is 0.601. The molecule has 6 heteroatoms. The number of rotatable bonds is 3. The van der Waals surface area contributed by atoms with E-state index in [1.54, 1.807) is 6.20 Å². The molecule has 94 valence electrons. The molecule has 0 bridgehead atoms. The number of benzene rings is 1. The van der Waals surface area contributed by atoms with Crippen molar-refractivity contribution < 1.29 is 0 Å². The minimum atomic E-state index is 0.601. The Bertz CT molecular complexity index is 575. The predicted molar refractivity (Wildman–Crippen MR) is 86.1 cm³/mol. The van der Waals surface area contributed by atoms with Gasteiger partial charge in [-0.2, -0.15) is 0 Å². The Balaban J connectivity index is 2.13. The van der Waals surface area contributed by atoms with Crippen LogP contribution >= 0.6 is 59.4 Å². The zero-order chi connectivity index (χ0) is 13.1. The fraction of sp³-hybridized carbons (Fsp3) is 0.0833. The van der Waals surface area contributed by atoms with E-state index in [-0.39, 0.29) is 0 Å². The molecule has 0 fully saturated rings. The number of hydrogen-bond donors (Lipinski definition) is 1. The van der Waals surface area contributed by atoms with Crippen molar-refractivity contribution in [2.45, 2.75) is 6.54 Å². The first-order valence-corrected chi connectivity index (χ1v) is 7.81. The van der Waals surface area contributed by atoms with Crippen LogP contribution < -0.4 is 5.32 Å². The Morgan fingerprint density at radius 1 is 1.11 bits per heavy atom. The molecule has 0 radical (unpaired) electrons. The number of nitrogens with one attached hydrogen (secondary N) is 1. The topological polar surface area (TPSA) is 24.9 Å². The summed E-state index contributed by atoms with van der Waals surface area (Å²) < 4.78 is 2.88. The number of anilines is 1. The number of halogens is 4. The van der Waals surface area contributed by atoms with E-state index >= 15 is 0 Å². The summed E-state index contributed by atoms with van der Waals surface area (Å²) in [5, 5.41) is 3.95. The first-order valence-electron chi connectivity index (χ1n) is 5.05. The van der Waals surface area contributed by atoms with Crippen molar-refractivity contribution in [3.8, 4) is 0 Å². The fourth-order valence-electron chi connectivity index (χ4n) is 1.38. The third-order valence-electron chi connectivity index (χ3n) is 2.26. The molecule has 0 saturated heterocycles. The summed E-state index contributed by atoms with van der Waals surface area (Å²) in [6.07, 6.45) is 1.77. The summed E-state index contributed by atoms with van der Waals surface area (Å²) in [7, 11) is 0. The van der Waals surface area contributed by atoms with Crippen molar-refractivity contribution >= 4 is 65.1 Å². The zero-order valence-corrected chi connectivity index (χ0v) is 14.6. The van der Waals surface area contributed by atoms with Crippen LogP contribution in [-0.2, 0) is 6.54 Å². The average Bonchev–Trinajstić information content (AvgIpc) is 2.32. The zero-order valence-electron chi connectivity index (χ0n) is 9.05. The molecule has 0 amide bonds. The summed E-state index contributed by atoms with van der Waals surface area (Å²) in [4.78, 5) is 4.33. The van der Waals surface area contributed by atoms with Crippen LogP contribution in [0.2, 0.25) is 5.02 Å². The lowest BCUT2D eigenvalue weighted by Gasteiger charge is -2.09. The highest BCUT2D eigenvalue weighted by molar-refractivity contribution is 9.11. The largest absolute Gasteiger partial charge is 0.378 e. The van der Waals surface area contributed by atoms with Gasteiger partial charge in [-0.25, -0.2) is 0 Å². The van der Waals surface area contributed by atoms with Crippen LogP contribution in [0, 0.1) is 0 Å². The van der Waals surface area contributed by atoms with Gasteiger partial charge in [0.2, 0.25) is 0 Å². The van der Waals surface area contributed by atoms with E-state index in [1.807, 2.05) is 24.3 Å². The summed E-state index contributed by atoms with van der Waals surface area (Å²) in [5.41, 5.74) is 1.80. The summed E-state index contributed by atoms with van der Waals surface area (Å²) >= 11 is 16.4. The molecular formula is C12H8Br3ClN2. The lowest BCUT2D eigenvalue weighted by atomic mass is 10.3. The second-order valence-electron chi connectivity index (χ2n) is 3.56. The molecule has 0 aliphatic heterocycles. The van der Waals surface area contributed by atoms with Crippen LogP contribution in [0.5, 0.6) is 0 Å². The molecule has 1 N–H and O–H groups in total. The van der Waals surface area contributed by atoms with Gasteiger partial charge in [-0.05, 0) is 56.1 Å². The lowest BCUT2D eigenvalue weighted by Crippen LogP contribution is -2.03. The number of aromatic nitrogens is 1. The maximum Gasteiger partial charge on any atom is 0.0737 e. The van der Waals surface area contributed by atoms with Gasteiger partial charge in [-0.15, -0.1) is 0 Å². The van der Waals surface area contributed by atoms with E-state index < -0.39 is 0 Å². The Morgan fingerprint density at radius 3 is 2.61 bits per heavy atom. The van der Waals surface area contributed by atoms with Crippen molar-refractivity contribution in [2.75, 3.05) is 5.32 Å².